The molecule has 5 heterocycles. The number of carbonyl (C=O) groups excluding carboxylic acids is 3. The molecule has 3 aromatic rings. The lowest BCUT2D eigenvalue weighted by Gasteiger charge is -2.43. The van der Waals surface area contributed by atoms with Crippen molar-refractivity contribution >= 4 is 51.9 Å². The first-order valence-electron chi connectivity index (χ1n) is 11.4. The van der Waals surface area contributed by atoms with E-state index < -0.39 is 16.9 Å². The molecule has 4 aliphatic heterocycles. The fraction of sp³-hybridized carbons (Fsp3) is 0.269. The number of benzene rings is 2. The van der Waals surface area contributed by atoms with Crippen LogP contribution in [0.3, 0.4) is 0 Å². The van der Waals surface area contributed by atoms with Crippen molar-refractivity contribution in [2.75, 3.05) is 17.2 Å². The minimum absolute atomic E-state index is 0.0843. The van der Waals surface area contributed by atoms with Crippen molar-refractivity contribution < 1.29 is 14.4 Å². The van der Waals surface area contributed by atoms with Crippen LogP contribution in [0.2, 0.25) is 5.02 Å². The van der Waals surface area contributed by atoms with Crippen molar-refractivity contribution in [3.63, 3.8) is 0 Å². The lowest BCUT2D eigenvalue weighted by atomic mass is 9.57. The molecule has 34 heavy (non-hydrogen) atoms. The topological polar surface area (TPSA) is 78.5 Å². The summed E-state index contributed by atoms with van der Waals surface area (Å²) in [4.78, 5) is 45.5. The molecule has 0 bridgehead atoms. The van der Waals surface area contributed by atoms with Crippen LogP contribution >= 0.6 is 22.9 Å². The van der Waals surface area contributed by atoms with Crippen molar-refractivity contribution in [3.8, 4) is 0 Å². The van der Waals surface area contributed by atoms with Gasteiger partial charge in [-0.2, -0.15) is 0 Å². The highest BCUT2D eigenvalue weighted by Crippen LogP contribution is 2.68. The lowest BCUT2D eigenvalue weighted by Crippen LogP contribution is -2.62. The molecule has 2 aromatic carbocycles. The van der Waals surface area contributed by atoms with E-state index in [-0.39, 0.29) is 23.6 Å². The highest BCUT2D eigenvalue weighted by atomic mass is 35.5. The number of hydrogen-bond donors (Lipinski definition) is 2. The molecule has 8 heteroatoms. The minimum atomic E-state index is -1.42. The van der Waals surface area contributed by atoms with Crippen LogP contribution in [-0.2, 0) is 20.5 Å². The Morgan fingerprint density at radius 3 is 2.65 bits per heavy atom. The summed E-state index contributed by atoms with van der Waals surface area (Å²) in [6, 6.07) is 16.3. The largest absolute Gasteiger partial charge is 0.325 e. The first-order chi connectivity index (χ1) is 16.5. The van der Waals surface area contributed by atoms with Gasteiger partial charge in [-0.15, -0.1) is 11.3 Å². The number of para-hydroxylation sites is 2. The van der Waals surface area contributed by atoms with Crippen LogP contribution in [0.1, 0.15) is 33.6 Å². The zero-order chi connectivity index (χ0) is 23.2. The van der Waals surface area contributed by atoms with Crippen LogP contribution in [0.15, 0.2) is 60.0 Å². The Hall–Kier alpha value is -3.00. The van der Waals surface area contributed by atoms with Crippen LogP contribution in [0.4, 0.5) is 11.4 Å². The van der Waals surface area contributed by atoms with Gasteiger partial charge in [0.25, 0.3) is 5.91 Å². The highest BCUT2D eigenvalue weighted by molar-refractivity contribution is 7.12. The number of fused-ring (bicyclic) bond motifs is 7. The van der Waals surface area contributed by atoms with Gasteiger partial charge in [0.15, 0.2) is 5.78 Å². The molecule has 6 nitrogen and oxygen atoms in total. The van der Waals surface area contributed by atoms with E-state index in [0.717, 1.165) is 12.8 Å². The van der Waals surface area contributed by atoms with Gasteiger partial charge in [-0.25, -0.2) is 0 Å². The van der Waals surface area contributed by atoms with Crippen LogP contribution in [-0.4, -0.2) is 35.1 Å². The molecule has 0 unspecified atom stereocenters. The molecule has 2 N–H and O–H groups in total. The third-order valence-corrected chi connectivity index (χ3v) is 9.33. The number of nitrogens with one attached hydrogen (secondary N) is 2. The maximum Gasteiger partial charge on any atom is 0.251 e. The van der Waals surface area contributed by atoms with Crippen LogP contribution in [0.5, 0.6) is 0 Å². The van der Waals surface area contributed by atoms with E-state index in [0.29, 0.717) is 38.9 Å². The number of Topliss-reactive ketones (excluding diaryl/α,β-unsaturated/α-hetero) is 1. The van der Waals surface area contributed by atoms with Gasteiger partial charge in [-0.05, 0) is 48.5 Å². The second-order valence-corrected chi connectivity index (χ2v) is 10.7. The van der Waals surface area contributed by atoms with Gasteiger partial charge in [-0.3, -0.25) is 19.3 Å². The molecule has 1 aromatic heterocycles. The van der Waals surface area contributed by atoms with E-state index in [9.17, 15) is 14.4 Å². The summed E-state index contributed by atoms with van der Waals surface area (Å²) in [6.45, 7) is 0.620. The molecule has 4 aliphatic rings. The van der Waals surface area contributed by atoms with Gasteiger partial charge in [0.2, 0.25) is 5.91 Å². The minimum Gasteiger partial charge on any atom is -0.325 e. The molecule has 2 saturated heterocycles. The van der Waals surface area contributed by atoms with E-state index in [4.69, 9.17) is 11.6 Å². The van der Waals surface area contributed by atoms with Gasteiger partial charge in [0.05, 0.1) is 21.5 Å². The molecule has 2 fully saturated rings. The molecule has 2 spiro atoms. The first-order valence-corrected chi connectivity index (χ1v) is 12.6. The number of halogens is 1. The average Bonchev–Trinajstić information content (AvgIpc) is 3.62. The normalized spacial score (nSPS) is 31.0. The third kappa shape index (κ3) is 2.10. The van der Waals surface area contributed by atoms with Crippen LogP contribution in [0.25, 0.3) is 0 Å². The van der Waals surface area contributed by atoms with Crippen molar-refractivity contribution in [1.82, 2.24) is 4.90 Å². The Morgan fingerprint density at radius 2 is 1.82 bits per heavy atom. The summed E-state index contributed by atoms with van der Waals surface area (Å²) in [6.07, 6.45) is 1.59. The number of hydrogen-bond acceptors (Lipinski definition) is 5. The van der Waals surface area contributed by atoms with Gasteiger partial charge < -0.3 is 10.6 Å². The Balaban J connectivity index is 1.62. The van der Waals surface area contributed by atoms with Gasteiger partial charge in [0, 0.05) is 17.3 Å². The standard InChI is InChI=1S/C26H20ClN3O3S/c27-16-8-3-7-15-21(16)29-24(33)26(15)25(14-6-1-2-9-17(14)28-23(25)32)20(18-10-4-12-30(18)26)22(31)19-11-5-13-34-19/h1-3,5-9,11,13,18,20H,4,10,12H2,(H,28,32)(H,29,33)/t18-,20+,25+,26+/m1/s1. The predicted octanol–water partition coefficient (Wildman–Crippen LogP) is 4.42. The van der Waals surface area contributed by atoms with E-state index in [1.807, 2.05) is 53.9 Å². The second-order valence-electron chi connectivity index (χ2n) is 9.36. The number of ketones is 1. The van der Waals surface area contributed by atoms with Gasteiger partial charge in [-0.1, -0.05) is 48.0 Å². The Bertz CT molecular complexity index is 1410. The second kappa shape index (κ2) is 6.78. The maximum absolute atomic E-state index is 14.3. The van der Waals surface area contributed by atoms with Crippen molar-refractivity contribution in [2.24, 2.45) is 5.92 Å². The zero-order valence-electron chi connectivity index (χ0n) is 18.0. The van der Waals surface area contributed by atoms with Crippen LogP contribution < -0.4 is 10.6 Å². The molecule has 2 amide bonds. The van der Waals surface area contributed by atoms with E-state index >= 15 is 0 Å². The number of nitrogens with zero attached hydrogens (tertiary/aromatic N) is 1. The average molecular weight is 490 g/mol. The molecule has 7 rings (SSSR count). The smallest absolute Gasteiger partial charge is 0.251 e. The number of rotatable bonds is 2. The lowest BCUT2D eigenvalue weighted by molar-refractivity contribution is -0.137. The van der Waals surface area contributed by atoms with Crippen molar-refractivity contribution in [1.29, 1.82) is 0 Å². The molecular weight excluding hydrogens is 470 g/mol. The molecule has 0 radical (unpaired) electrons. The molecule has 0 saturated carbocycles. The molecular formula is C26H20ClN3O3S. The van der Waals surface area contributed by atoms with Crippen molar-refractivity contribution in [3.05, 3.63) is 81.0 Å². The number of amides is 2. The SMILES string of the molecule is O=C(c1cccs1)[C@@H]1[C@H]2CCCN2[C@@]2(C(=O)Nc3c(Cl)cccc32)[C@]12C(=O)Nc1ccccc12. The monoisotopic (exact) mass is 489 g/mol. The first kappa shape index (κ1) is 20.4. The summed E-state index contributed by atoms with van der Waals surface area (Å²) in [5.41, 5.74) is -0.239. The zero-order valence-corrected chi connectivity index (χ0v) is 19.6. The number of carbonyl (C=O) groups is 3. The van der Waals surface area contributed by atoms with E-state index in [1.54, 1.807) is 6.07 Å². The van der Waals surface area contributed by atoms with E-state index in [2.05, 4.69) is 15.5 Å². The Kier molecular flexibility index (Phi) is 4.06. The van der Waals surface area contributed by atoms with Crippen LogP contribution in [0, 0.1) is 5.92 Å². The highest BCUT2D eigenvalue weighted by Gasteiger charge is 2.81. The summed E-state index contributed by atoms with van der Waals surface area (Å²) in [7, 11) is 0. The molecule has 4 atom stereocenters. The molecule has 170 valence electrons. The third-order valence-electron chi connectivity index (χ3n) is 8.13. The predicted molar refractivity (Wildman–Crippen MR) is 130 cm³/mol. The number of anilines is 2. The molecule has 0 aliphatic carbocycles. The Labute approximate surface area is 204 Å². The maximum atomic E-state index is 14.3. The van der Waals surface area contributed by atoms with Gasteiger partial charge >= 0.3 is 0 Å². The Morgan fingerprint density at radius 1 is 1.00 bits per heavy atom. The fourth-order valence-corrected chi connectivity index (χ4v) is 8.07. The fourth-order valence-electron chi connectivity index (χ4n) is 7.14. The number of thiophene rings is 1. The summed E-state index contributed by atoms with van der Waals surface area (Å²) < 4.78 is 0. The summed E-state index contributed by atoms with van der Waals surface area (Å²) in [5, 5.41) is 8.34. The quantitative estimate of drug-likeness (QED) is 0.522. The van der Waals surface area contributed by atoms with Crippen molar-refractivity contribution in [2.45, 2.75) is 29.8 Å². The summed E-state index contributed by atoms with van der Waals surface area (Å²) >= 11 is 7.93. The summed E-state index contributed by atoms with van der Waals surface area (Å²) in [5.74, 6) is -1.40. The van der Waals surface area contributed by atoms with Gasteiger partial charge in [0.1, 0.15) is 11.0 Å². The van der Waals surface area contributed by atoms with E-state index in [1.165, 1.54) is 11.3 Å².